The van der Waals surface area contributed by atoms with Crippen LogP contribution in [0.1, 0.15) is 32.0 Å². The number of sulfonamides is 1. The van der Waals surface area contributed by atoms with Crippen LogP contribution in [-0.4, -0.2) is 35.8 Å². The Kier molecular flexibility index (Phi) is 9.13. The normalized spacial score (nSPS) is 11.6. The highest BCUT2D eigenvalue weighted by molar-refractivity contribution is 7.92. The van der Waals surface area contributed by atoms with Crippen molar-refractivity contribution in [1.29, 1.82) is 0 Å². The molecule has 6 rings (SSSR count). The molecule has 2 heterocycles. The zero-order valence-corrected chi connectivity index (χ0v) is 27.7. The van der Waals surface area contributed by atoms with Crippen LogP contribution in [0.15, 0.2) is 126 Å². The lowest BCUT2D eigenvalue weighted by atomic mass is 9.92. The zero-order chi connectivity index (χ0) is 33.7. The third kappa shape index (κ3) is 7.48. The number of nitrogens with one attached hydrogen (secondary N) is 3. The molecule has 4 aromatic carbocycles. The zero-order valence-electron chi connectivity index (χ0n) is 26.8. The van der Waals surface area contributed by atoms with Gasteiger partial charge >= 0.3 is 6.03 Å². The smallest absolute Gasteiger partial charge is 0.324 e. The number of pyridine rings is 1. The predicted molar refractivity (Wildman–Crippen MR) is 190 cm³/mol. The van der Waals surface area contributed by atoms with Gasteiger partial charge in [-0.3, -0.25) is 15.0 Å². The average Bonchev–Trinajstić information content (AvgIpc) is 3.51. The Bertz CT molecular complexity index is 2140. The third-order valence-corrected chi connectivity index (χ3v) is 9.06. The number of aromatic nitrogens is 3. The monoisotopic (exact) mass is 660 g/mol. The Morgan fingerprint density at radius 3 is 2.21 bits per heavy atom. The van der Waals surface area contributed by atoms with E-state index in [4.69, 9.17) is 9.84 Å². The number of para-hydroxylation sites is 1. The summed E-state index contributed by atoms with van der Waals surface area (Å²) in [5.74, 6) is 1.15. The molecule has 0 radical (unpaired) electrons. The molecule has 0 aliphatic carbocycles. The molecule has 0 bridgehead atoms. The van der Waals surface area contributed by atoms with Gasteiger partial charge in [0.1, 0.15) is 11.6 Å². The summed E-state index contributed by atoms with van der Waals surface area (Å²) in [4.78, 5) is 17.6. The summed E-state index contributed by atoms with van der Waals surface area (Å²) >= 11 is 0. The number of amides is 2. The van der Waals surface area contributed by atoms with Crippen molar-refractivity contribution in [3.8, 4) is 11.4 Å². The minimum atomic E-state index is -3.80. The molecule has 0 aliphatic rings. The molecule has 10 nitrogen and oxygen atoms in total. The van der Waals surface area contributed by atoms with Gasteiger partial charge in [-0.25, -0.2) is 17.9 Å². The second kappa shape index (κ2) is 13.6. The van der Waals surface area contributed by atoms with Gasteiger partial charge in [0.05, 0.1) is 28.6 Å². The van der Waals surface area contributed by atoms with Crippen LogP contribution in [0.5, 0.6) is 5.75 Å². The molecule has 11 heteroatoms. The van der Waals surface area contributed by atoms with E-state index in [2.05, 4.69) is 20.3 Å². The number of hydrogen-bond donors (Lipinski definition) is 3. The molecule has 2 aromatic heterocycles. The van der Waals surface area contributed by atoms with Crippen LogP contribution >= 0.6 is 0 Å². The fourth-order valence-corrected chi connectivity index (χ4v) is 6.18. The number of carbonyl (C=O) groups is 1. The van der Waals surface area contributed by atoms with Gasteiger partial charge in [-0.15, -0.1) is 0 Å². The summed E-state index contributed by atoms with van der Waals surface area (Å²) in [6.07, 6.45) is 4.27. The molecule has 0 spiro atoms. The first-order valence-electron chi connectivity index (χ1n) is 15.5. The summed E-state index contributed by atoms with van der Waals surface area (Å²) in [5.41, 5.74) is 3.24. The first-order chi connectivity index (χ1) is 23.1. The van der Waals surface area contributed by atoms with Gasteiger partial charge < -0.3 is 10.1 Å². The number of carbonyl (C=O) groups excluding carboxylic acids is 1. The van der Waals surface area contributed by atoms with Gasteiger partial charge in [0.2, 0.25) is 0 Å². The first kappa shape index (κ1) is 32.3. The van der Waals surface area contributed by atoms with Crippen molar-refractivity contribution in [2.24, 2.45) is 0 Å². The van der Waals surface area contributed by atoms with Crippen molar-refractivity contribution in [3.05, 3.63) is 133 Å². The van der Waals surface area contributed by atoms with Gasteiger partial charge in [0, 0.05) is 46.8 Å². The van der Waals surface area contributed by atoms with Crippen molar-refractivity contribution < 1.29 is 17.9 Å². The molecule has 0 fully saturated rings. The molecule has 0 saturated heterocycles. The minimum absolute atomic E-state index is 0.0993. The standard InChI is InChI=1S/C37H36N6O4S/c1-37(2,3)34-25-35(43(41-34)28-13-15-29(16-14-28)48(45,46)42-27-9-5-4-6-10-27)40-36(44)39-32-17-18-33(31-12-8-7-11-30(31)32)47-24-21-26-19-22-38-23-20-26/h4-20,22-23,25,42H,21,24H2,1-3H3,(H2,39,40,44). The average molecular weight is 661 g/mol. The molecule has 0 atom stereocenters. The summed E-state index contributed by atoms with van der Waals surface area (Å²) in [6, 6.07) is 31.7. The highest BCUT2D eigenvalue weighted by Gasteiger charge is 2.23. The van der Waals surface area contributed by atoms with Gasteiger partial charge in [0.25, 0.3) is 10.0 Å². The van der Waals surface area contributed by atoms with E-state index in [1.807, 2.05) is 81.4 Å². The van der Waals surface area contributed by atoms with Crippen molar-refractivity contribution in [2.75, 3.05) is 22.0 Å². The number of anilines is 3. The van der Waals surface area contributed by atoms with E-state index >= 15 is 0 Å². The lowest BCUT2D eigenvalue weighted by Crippen LogP contribution is -2.21. The topological polar surface area (TPSA) is 127 Å². The number of fused-ring (bicyclic) bond motifs is 1. The van der Waals surface area contributed by atoms with Gasteiger partial charge in [0.15, 0.2) is 0 Å². The molecule has 0 unspecified atom stereocenters. The number of urea groups is 1. The number of benzene rings is 4. The molecule has 0 saturated carbocycles. The molecule has 2 amide bonds. The lowest BCUT2D eigenvalue weighted by molar-refractivity contribution is 0.262. The number of rotatable bonds is 10. The first-order valence-corrected chi connectivity index (χ1v) is 17.0. The summed E-state index contributed by atoms with van der Waals surface area (Å²) in [5, 5.41) is 12.4. The number of nitrogens with zero attached hydrogens (tertiary/aromatic N) is 3. The van der Waals surface area contributed by atoms with Crippen molar-refractivity contribution in [1.82, 2.24) is 14.8 Å². The molecule has 0 aliphatic heterocycles. The maximum atomic E-state index is 13.5. The van der Waals surface area contributed by atoms with Crippen LogP contribution in [-0.2, 0) is 21.9 Å². The SMILES string of the molecule is CC(C)(C)c1cc(NC(=O)Nc2ccc(OCCc3ccncc3)c3ccccc23)n(-c2ccc(S(=O)(=O)Nc3ccccc3)cc2)n1. The molecule has 6 aromatic rings. The second-order valence-electron chi connectivity index (χ2n) is 12.2. The maximum Gasteiger partial charge on any atom is 0.324 e. The van der Waals surface area contributed by atoms with Crippen molar-refractivity contribution in [2.45, 2.75) is 37.5 Å². The van der Waals surface area contributed by atoms with Gasteiger partial charge in [-0.1, -0.05) is 63.2 Å². The molecule has 3 N–H and O–H groups in total. The van der Waals surface area contributed by atoms with E-state index in [0.29, 0.717) is 29.5 Å². The fraction of sp³-hybridized carbons (Fsp3) is 0.162. The molecular weight excluding hydrogens is 625 g/mol. The predicted octanol–water partition coefficient (Wildman–Crippen LogP) is 7.78. The Labute approximate surface area is 279 Å². The lowest BCUT2D eigenvalue weighted by Gasteiger charge is -2.15. The Morgan fingerprint density at radius 1 is 0.812 bits per heavy atom. The van der Waals surface area contributed by atoms with Gasteiger partial charge in [-0.2, -0.15) is 5.10 Å². The van der Waals surface area contributed by atoms with Crippen molar-refractivity contribution in [3.63, 3.8) is 0 Å². The van der Waals surface area contributed by atoms with Crippen LogP contribution in [0.4, 0.5) is 22.0 Å². The Balaban J connectivity index is 1.21. The second-order valence-corrected chi connectivity index (χ2v) is 13.9. The van der Waals surface area contributed by atoms with Crippen LogP contribution < -0.4 is 20.1 Å². The maximum absolute atomic E-state index is 13.5. The highest BCUT2D eigenvalue weighted by Crippen LogP contribution is 2.32. The molecular formula is C37H36N6O4S. The highest BCUT2D eigenvalue weighted by atomic mass is 32.2. The van der Waals surface area contributed by atoms with E-state index in [-0.39, 0.29) is 10.3 Å². The molecule has 48 heavy (non-hydrogen) atoms. The van der Waals surface area contributed by atoms with Crippen LogP contribution in [0.2, 0.25) is 0 Å². The van der Waals surface area contributed by atoms with Crippen LogP contribution in [0.25, 0.3) is 16.5 Å². The van der Waals surface area contributed by atoms with E-state index < -0.39 is 16.1 Å². The van der Waals surface area contributed by atoms with Crippen molar-refractivity contribution >= 4 is 44.0 Å². The number of hydrogen-bond acceptors (Lipinski definition) is 6. The van der Waals surface area contributed by atoms with E-state index in [9.17, 15) is 13.2 Å². The summed E-state index contributed by atoms with van der Waals surface area (Å²) < 4.78 is 36.3. The Hall–Kier alpha value is -5.68. The largest absolute Gasteiger partial charge is 0.493 e. The molecule has 244 valence electrons. The fourth-order valence-electron chi connectivity index (χ4n) is 5.12. The minimum Gasteiger partial charge on any atom is -0.493 e. The van der Waals surface area contributed by atoms with Crippen LogP contribution in [0.3, 0.4) is 0 Å². The number of ether oxygens (including phenoxy) is 1. The quantitative estimate of drug-likeness (QED) is 0.138. The van der Waals surface area contributed by atoms with Crippen LogP contribution in [0, 0.1) is 0 Å². The van der Waals surface area contributed by atoms with Gasteiger partial charge in [-0.05, 0) is 66.2 Å². The van der Waals surface area contributed by atoms with E-state index in [0.717, 1.165) is 34.2 Å². The Morgan fingerprint density at radius 2 is 1.50 bits per heavy atom. The van der Waals surface area contributed by atoms with E-state index in [1.165, 1.54) is 12.1 Å². The third-order valence-electron chi connectivity index (χ3n) is 7.67. The summed E-state index contributed by atoms with van der Waals surface area (Å²) in [6.45, 7) is 6.58. The summed E-state index contributed by atoms with van der Waals surface area (Å²) in [7, 11) is -3.80. The van der Waals surface area contributed by atoms with E-state index in [1.54, 1.807) is 53.5 Å².